The number of nitrogens with zero attached hydrogens (tertiary/aromatic N) is 2. The van der Waals surface area contributed by atoms with Crippen molar-refractivity contribution in [2.24, 2.45) is 0 Å². The van der Waals surface area contributed by atoms with Gasteiger partial charge in [-0.1, -0.05) is 11.6 Å². The van der Waals surface area contributed by atoms with Crippen molar-refractivity contribution < 1.29 is 14.6 Å². The number of ether oxygens (including phenoxy) is 2. The fourth-order valence-electron chi connectivity index (χ4n) is 0.924. The third kappa shape index (κ3) is 4.42. The number of hydrogen-bond acceptors (Lipinski definition) is 5. The van der Waals surface area contributed by atoms with E-state index >= 15 is 0 Å². The normalized spacial score (nSPS) is 10.3. The molecule has 0 unspecified atom stereocenters. The van der Waals surface area contributed by atoms with Crippen molar-refractivity contribution >= 4 is 11.6 Å². The van der Waals surface area contributed by atoms with Crippen LogP contribution in [0.4, 0.5) is 0 Å². The summed E-state index contributed by atoms with van der Waals surface area (Å²) in [6.45, 7) is 2.88. The number of hydrogen-bond donors (Lipinski definition) is 1. The molecule has 1 aromatic heterocycles. The monoisotopic (exact) mass is 232 g/mol. The molecule has 0 aromatic carbocycles. The lowest BCUT2D eigenvalue weighted by atomic mass is 10.5. The largest absolute Gasteiger partial charge is 0.475 e. The van der Waals surface area contributed by atoms with E-state index in [1.165, 1.54) is 6.07 Å². The van der Waals surface area contributed by atoms with Crippen LogP contribution in [-0.2, 0) is 11.3 Å². The topological polar surface area (TPSA) is 64.5 Å². The van der Waals surface area contributed by atoms with E-state index in [9.17, 15) is 0 Å². The van der Waals surface area contributed by atoms with Gasteiger partial charge in [-0.25, -0.2) is 4.98 Å². The smallest absolute Gasteiger partial charge is 0.218 e. The summed E-state index contributed by atoms with van der Waals surface area (Å²) in [5.74, 6) is 0.816. The van der Waals surface area contributed by atoms with Gasteiger partial charge in [0, 0.05) is 12.7 Å². The fourth-order valence-corrected chi connectivity index (χ4v) is 1.11. The first kappa shape index (κ1) is 12.2. The van der Waals surface area contributed by atoms with Crippen LogP contribution in [0.15, 0.2) is 6.07 Å². The zero-order chi connectivity index (χ0) is 11.1. The molecule has 5 nitrogen and oxygen atoms in total. The van der Waals surface area contributed by atoms with E-state index in [4.69, 9.17) is 26.2 Å². The summed E-state index contributed by atoms with van der Waals surface area (Å²) in [4.78, 5) is 8.02. The minimum absolute atomic E-state index is 0.0670. The van der Waals surface area contributed by atoms with Crippen LogP contribution in [0.2, 0.25) is 5.15 Å². The first-order chi connectivity index (χ1) is 7.26. The third-order valence-electron chi connectivity index (χ3n) is 1.49. The molecule has 1 N–H and O–H groups in total. The van der Waals surface area contributed by atoms with Gasteiger partial charge in [0.25, 0.3) is 0 Å². The van der Waals surface area contributed by atoms with Gasteiger partial charge < -0.3 is 14.6 Å². The van der Waals surface area contributed by atoms with Gasteiger partial charge >= 0.3 is 0 Å². The van der Waals surface area contributed by atoms with E-state index in [1.807, 2.05) is 6.92 Å². The molecule has 0 atom stereocenters. The molecule has 6 heteroatoms. The van der Waals surface area contributed by atoms with Crippen LogP contribution in [0.1, 0.15) is 12.7 Å². The minimum Gasteiger partial charge on any atom is -0.475 e. The second-order valence-electron chi connectivity index (χ2n) is 2.65. The maximum Gasteiger partial charge on any atom is 0.218 e. The van der Waals surface area contributed by atoms with Crippen LogP contribution < -0.4 is 4.74 Å². The van der Waals surface area contributed by atoms with Gasteiger partial charge in [0.15, 0.2) is 5.82 Å². The van der Waals surface area contributed by atoms with E-state index < -0.39 is 0 Å². The standard InChI is InChI=1S/C9H13ClN2O3/c1-2-14-6-8-11-7(10)5-9(12-8)15-4-3-13/h5,13H,2-4,6H2,1H3. The average molecular weight is 233 g/mol. The number of aromatic nitrogens is 2. The summed E-state index contributed by atoms with van der Waals surface area (Å²) < 4.78 is 10.3. The second-order valence-corrected chi connectivity index (χ2v) is 3.04. The molecule has 0 amide bonds. The molecule has 0 saturated heterocycles. The van der Waals surface area contributed by atoms with Crippen molar-refractivity contribution in [3.63, 3.8) is 0 Å². The van der Waals surface area contributed by atoms with Crippen molar-refractivity contribution in [2.45, 2.75) is 13.5 Å². The van der Waals surface area contributed by atoms with Gasteiger partial charge in [0.2, 0.25) is 5.88 Å². The molecule has 15 heavy (non-hydrogen) atoms. The molecule has 0 fully saturated rings. The molecule has 1 aromatic rings. The summed E-state index contributed by atoms with van der Waals surface area (Å²) in [5.41, 5.74) is 0. The Kier molecular flexibility index (Phi) is 5.31. The lowest BCUT2D eigenvalue weighted by molar-refractivity contribution is 0.127. The maximum absolute atomic E-state index is 8.58. The molecule has 0 aliphatic heterocycles. The molecule has 0 aliphatic carbocycles. The van der Waals surface area contributed by atoms with E-state index in [2.05, 4.69) is 9.97 Å². The summed E-state index contributed by atoms with van der Waals surface area (Å²) >= 11 is 5.76. The molecule has 1 rings (SSSR count). The van der Waals surface area contributed by atoms with Crippen molar-refractivity contribution in [2.75, 3.05) is 19.8 Å². The average Bonchev–Trinajstić information content (AvgIpc) is 2.23. The predicted octanol–water partition coefficient (Wildman–Crippen LogP) is 1.04. The molecule has 1 heterocycles. The quantitative estimate of drug-likeness (QED) is 0.743. The second kappa shape index (κ2) is 6.55. The van der Waals surface area contributed by atoms with E-state index in [-0.39, 0.29) is 13.2 Å². The Morgan fingerprint density at radius 2 is 2.27 bits per heavy atom. The highest BCUT2D eigenvalue weighted by atomic mass is 35.5. The Morgan fingerprint density at radius 1 is 1.47 bits per heavy atom. The van der Waals surface area contributed by atoms with Gasteiger partial charge in [-0.05, 0) is 6.92 Å². The first-order valence-corrected chi connectivity index (χ1v) is 4.99. The molecule has 0 bridgehead atoms. The Balaban J connectivity index is 2.66. The van der Waals surface area contributed by atoms with Crippen molar-refractivity contribution in [1.82, 2.24) is 9.97 Å². The molecular formula is C9H13ClN2O3. The first-order valence-electron chi connectivity index (χ1n) is 4.61. The van der Waals surface area contributed by atoms with Crippen LogP contribution in [0, 0.1) is 0 Å². The number of aliphatic hydroxyl groups is 1. The number of aliphatic hydroxyl groups excluding tert-OH is 1. The molecule has 0 aliphatic rings. The van der Waals surface area contributed by atoms with E-state index in [0.29, 0.717) is 30.1 Å². The van der Waals surface area contributed by atoms with Crippen LogP contribution in [0.25, 0.3) is 0 Å². The number of rotatable bonds is 6. The number of halogens is 1. The highest BCUT2D eigenvalue weighted by Crippen LogP contribution is 2.13. The maximum atomic E-state index is 8.58. The molecule has 84 valence electrons. The molecule has 0 saturated carbocycles. The van der Waals surface area contributed by atoms with E-state index in [0.717, 1.165) is 0 Å². The van der Waals surface area contributed by atoms with Crippen LogP contribution in [-0.4, -0.2) is 34.9 Å². The zero-order valence-corrected chi connectivity index (χ0v) is 9.20. The Bertz CT molecular complexity index is 283. The SMILES string of the molecule is CCOCc1nc(Cl)cc(OCCO)n1. The van der Waals surface area contributed by atoms with Gasteiger partial charge in [-0.2, -0.15) is 4.98 Å². The third-order valence-corrected chi connectivity index (χ3v) is 1.69. The minimum atomic E-state index is -0.0670. The Morgan fingerprint density at radius 3 is 2.93 bits per heavy atom. The van der Waals surface area contributed by atoms with E-state index in [1.54, 1.807) is 0 Å². The van der Waals surface area contributed by atoms with Crippen molar-refractivity contribution in [3.8, 4) is 5.88 Å². The summed E-state index contributed by atoms with van der Waals surface area (Å²) in [5, 5.41) is 8.88. The summed E-state index contributed by atoms with van der Waals surface area (Å²) in [7, 11) is 0. The predicted molar refractivity (Wildman–Crippen MR) is 55.0 cm³/mol. The molecule has 0 radical (unpaired) electrons. The summed E-state index contributed by atoms with van der Waals surface area (Å²) in [6.07, 6.45) is 0. The highest BCUT2D eigenvalue weighted by molar-refractivity contribution is 6.29. The fraction of sp³-hybridized carbons (Fsp3) is 0.556. The lowest BCUT2D eigenvalue weighted by Gasteiger charge is -2.05. The highest BCUT2D eigenvalue weighted by Gasteiger charge is 2.04. The summed E-state index contributed by atoms with van der Waals surface area (Å²) in [6, 6.07) is 1.49. The van der Waals surface area contributed by atoms with Gasteiger partial charge in [0.1, 0.15) is 18.4 Å². The van der Waals surface area contributed by atoms with Gasteiger partial charge in [-0.15, -0.1) is 0 Å². The van der Waals surface area contributed by atoms with Crippen LogP contribution in [0.5, 0.6) is 5.88 Å². The van der Waals surface area contributed by atoms with Crippen molar-refractivity contribution in [3.05, 3.63) is 17.0 Å². The van der Waals surface area contributed by atoms with Gasteiger partial charge in [-0.3, -0.25) is 0 Å². The Labute approximate surface area is 93.0 Å². The van der Waals surface area contributed by atoms with Crippen LogP contribution in [0.3, 0.4) is 0 Å². The molecular weight excluding hydrogens is 220 g/mol. The van der Waals surface area contributed by atoms with Crippen LogP contribution >= 0.6 is 11.6 Å². The molecule has 0 spiro atoms. The zero-order valence-electron chi connectivity index (χ0n) is 8.44. The van der Waals surface area contributed by atoms with Crippen molar-refractivity contribution in [1.29, 1.82) is 0 Å². The lowest BCUT2D eigenvalue weighted by Crippen LogP contribution is -2.06. The van der Waals surface area contributed by atoms with Gasteiger partial charge in [0.05, 0.1) is 6.61 Å². The Hall–Kier alpha value is -0.910.